The van der Waals surface area contributed by atoms with Crippen molar-refractivity contribution >= 4 is 23.3 Å². The van der Waals surface area contributed by atoms with Gasteiger partial charge >= 0.3 is 5.91 Å². The van der Waals surface area contributed by atoms with Gasteiger partial charge < -0.3 is 9.84 Å². The van der Waals surface area contributed by atoms with Crippen LogP contribution in [0, 0.1) is 6.92 Å². The van der Waals surface area contributed by atoms with Crippen molar-refractivity contribution in [2.24, 2.45) is 0 Å². The van der Waals surface area contributed by atoms with Crippen molar-refractivity contribution in [2.75, 3.05) is 11.5 Å². The number of anilines is 1. The van der Waals surface area contributed by atoms with Crippen molar-refractivity contribution in [2.45, 2.75) is 19.9 Å². The molecule has 1 aliphatic heterocycles. The van der Waals surface area contributed by atoms with Gasteiger partial charge in [-0.25, -0.2) is 4.98 Å². The van der Waals surface area contributed by atoms with Crippen molar-refractivity contribution in [3.63, 3.8) is 0 Å². The second-order valence-corrected chi connectivity index (χ2v) is 7.18. The number of carbonyl (C=O) groups excluding carboxylic acids is 2. The number of rotatable bonds is 5. The van der Waals surface area contributed by atoms with Gasteiger partial charge in [0.15, 0.2) is 0 Å². The van der Waals surface area contributed by atoms with Crippen LogP contribution in [0.5, 0.6) is 5.75 Å². The molecule has 0 bridgehead atoms. The zero-order chi connectivity index (χ0) is 22.0. The summed E-state index contributed by atoms with van der Waals surface area (Å²) >= 11 is 0. The topological polar surface area (TPSA) is 79.7 Å². The molecule has 6 nitrogen and oxygen atoms in total. The van der Waals surface area contributed by atoms with Gasteiger partial charge in [0, 0.05) is 11.8 Å². The molecule has 1 saturated heterocycles. The van der Waals surface area contributed by atoms with Crippen LogP contribution in [0.1, 0.15) is 29.7 Å². The lowest BCUT2D eigenvalue weighted by Crippen LogP contribution is -2.30. The Morgan fingerprint density at radius 3 is 2.45 bits per heavy atom. The Morgan fingerprint density at radius 2 is 1.81 bits per heavy atom. The quantitative estimate of drug-likeness (QED) is 0.380. The number of nitrogens with zero attached hydrogens (tertiary/aromatic N) is 2. The highest BCUT2D eigenvalue weighted by Gasteiger charge is 2.47. The number of benzene rings is 2. The Kier molecular flexibility index (Phi) is 5.54. The van der Waals surface area contributed by atoms with Crippen LogP contribution in [0.2, 0.25) is 0 Å². The van der Waals surface area contributed by atoms with Crippen molar-refractivity contribution in [1.29, 1.82) is 0 Å². The third-order valence-electron chi connectivity index (χ3n) is 5.20. The number of Topliss-reactive ketones (excluding diaryl/α,β-unsaturated/α-hetero) is 1. The first-order valence-electron chi connectivity index (χ1n) is 10.0. The molecule has 1 amide bonds. The molecular formula is C25H22N2O4. The van der Waals surface area contributed by atoms with Gasteiger partial charge in [-0.3, -0.25) is 14.5 Å². The number of aryl methyl sites for hydroxylation is 1. The summed E-state index contributed by atoms with van der Waals surface area (Å²) < 4.78 is 5.57. The predicted octanol–water partition coefficient (Wildman–Crippen LogP) is 4.42. The van der Waals surface area contributed by atoms with Crippen LogP contribution >= 0.6 is 0 Å². The zero-order valence-corrected chi connectivity index (χ0v) is 17.3. The maximum atomic E-state index is 13.1. The average molecular weight is 414 g/mol. The Bertz CT molecular complexity index is 1160. The smallest absolute Gasteiger partial charge is 0.301 e. The Morgan fingerprint density at radius 1 is 1.06 bits per heavy atom. The zero-order valence-electron chi connectivity index (χ0n) is 17.3. The number of hydrogen-bond acceptors (Lipinski definition) is 5. The first-order valence-corrected chi connectivity index (χ1v) is 10.0. The van der Waals surface area contributed by atoms with Crippen LogP contribution in [-0.2, 0) is 9.59 Å². The molecule has 1 N–H and O–H groups in total. The van der Waals surface area contributed by atoms with Gasteiger partial charge in [0.1, 0.15) is 17.3 Å². The largest absolute Gasteiger partial charge is 0.507 e. The maximum Gasteiger partial charge on any atom is 0.301 e. The van der Waals surface area contributed by atoms with Gasteiger partial charge in [-0.05, 0) is 55.3 Å². The third-order valence-corrected chi connectivity index (χ3v) is 5.20. The fraction of sp³-hybridized carbons (Fsp3) is 0.160. The molecule has 2 aromatic carbocycles. The van der Waals surface area contributed by atoms with Crippen molar-refractivity contribution in [1.82, 2.24) is 4.98 Å². The molecule has 0 spiro atoms. The van der Waals surface area contributed by atoms with E-state index < -0.39 is 17.7 Å². The summed E-state index contributed by atoms with van der Waals surface area (Å²) in [5.41, 5.74) is 2.00. The summed E-state index contributed by atoms with van der Waals surface area (Å²) in [7, 11) is 0. The SMILES string of the molecule is CCOc1ccc(C(O)=C2C(=O)C(=O)N(c3ccccn3)[C@H]2c2ccccc2)cc1C. The predicted molar refractivity (Wildman–Crippen MR) is 118 cm³/mol. The monoisotopic (exact) mass is 414 g/mol. The van der Waals surface area contributed by atoms with E-state index in [1.165, 1.54) is 4.90 Å². The molecule has 1 atom stereocenters. The lowest BCUT2D eigenvalue weighted by atomic mass is 9.95. The Hall–Kier alpha value is -3.93. The van der Waals surface area contributed by atoms with Crippen LogP contribution in [0.3, 0.4) is 0 Å². The first-order chi connectivity index (χ1) is 15.0. The molecule has 0 saturated carbocycles. The minimum atomic E-state index is -0.789. The molecular weight excluding hydrogens is 392 g/mol. The Labute approximate surface area is 180 Å². The second-order valence-electron chi connectivity index (χ2n) is 7.18. The number of aliphatic hydroxyl groups excluding tert-OH is 1. The lowest BCUT2D eigenvalue weighted by Gasteiger charge is -2.24. The van der Waals surface area contributed by atoms with Gasteiger partial charge in [0.25, 0.3) is 5.78 Å². The van der Waals surface area contributed by atoms with Gasteiger partial charge in [-0.2, -0.15) is 0 Å². The number of carbonyl (C=O) groups is 2. The fourth-order valence-electron chi connectivity index (χ4n) is 3.79. The third kappa shape index (κ3) is 3.68. The molecule has 4 rings (SSSR count). The van der Waals surface area contributed by atoms with Gasteiger partial charge in [0.05, 0.1) is 18.2 Å². The van der Waals surface area contributed by atoms with Crippen molar-refractivity contribution in [3.05, 3.63) is 95.2 Å². The summed E-state index contributed by atoms with van der Waals surface area (Å²) in [6, 6.07) is 18.7. The van der Waals surface area contributed by atoms with E-state index in [1.807, 2.05) is 44.2 Å². The number of aliphatic hydroxyl groups is 1. The molecule has 6 heteroatoms. The summed E-state index contributed by atoms with van der Waals surface area (Å²) in [4.78, 5) is 31.7. The summed E-state index contributed by atoms with van der Waals surface area (Å²) in [6.45, 7) is 4.28. The highest BCUT2D eigenvalue weighted by atomic mass is 16.5. The highest BCUT2D eigenvalue weighted by molar-refractivity contribution is 6.51. The van der Waals surface area contributed by atoms with E-state index in [9.17, 15) is 14.7 Å². The average Bonchev–Trinajstić information content (AvgIpc) is 3.06. The molecule has 0 radical (unpaired) electrons. The number of amides is 1. The molecule has 1 aromatic heterocycles. The molecule has 1 fully saturated rings. The number of aromatic nitrogens is 1. The van der Waals surface area contributed by atoms with Crippen LogP contribution in [0.25, 0.3) is 5.76 Å². The van der Waals surface area contributed by atoms with E-state index >= 15 is 0 Å². The molecule has 0 aliphatic carbocycles. The molecule has 1 aliphatic rings. The fourth-order valence-corrected chi connectivity index (χ4v) is 3.79. The van der Waals surface area contributed by atoms with Crippen LogP contribution < -0.4 is 9.64 Å². The summed E-state index contributed by atoms with van der Waals surface area (Å²) in [6.07, 6.45) is 1.56. The van der Waals surface area contributed by atoms with E-state index in [1.54, 1.807) is 42.6 Å². The van der Waals surface area contributed by atoms with Crippen LogP contribution in [-0.4, -0.2) is 28.4 Å². The molecule has 2 heterocycles. The Balaban J connectivity index is 1.89. The van der Waals surface area contributed by atoms with E-state index in [0.29, 0.717) is 29.3 Å². The van der Waals surface area contributed by atoms with Gasteiger partial charge in [0.2, 0.25) is 0 Å². The molecule has 3 aromatic rings. The van der Waals surface area contributed by atoms with Gasteiger partial charge in [-0.15, -0.1) is 0 Å². The van der Waals surface area contributed by atoms with E-state index in [0.717, 1.165) is 5.56 Å². The molecule has 31 heavy (non-hydrogen) atoms. The number of ketones is 1. The highest BCUT2D eigenvalue weighted by Crippen LogP contribution is 2.41. The van der Waals surface area contributed by atoms with Gasteiger partial charge in [-0.1, -0.05) is 36.4 Å². The lowest BCUT2D eigenvalue weighted by molar-refractivity contribution is -0.132. The number of pyridine rings is 1. The summed E-state index contributed by atoms with van der Waals surface area (Å²) in [5, 5.41) is 11.2. The van der Waals surface area contributed by atoms with Crippen LogP contribution in [0.15, 0.2) is 78.5 Å². The summed E-state index contributed by atoms with van der Waals surface area (Å²) in [5.74, 6) is -0.648. The minimum Gasteiger partial charge on any atom is -0.507 e. The maximum absolute atomic E-state index is 13.1. The number of hydrogen-bond donors (Lipinski definition) is 1. The normalized spacial score (nSPS) is 17.7. The van der Waals surface area contributed by atoms with E-state index in [4.69, 9.17) is 4.74 Å². The first kappa shape index (κ1) is 20.3. The van der Waals surface area contributed by atoms with E-state index in [-0.39, 0.29) is 11.3 Å². The molecule has 0 unspecified atom stereocenters. The number of ether oxygens (including phenoxy) is 1. The standard InChI is InChI=1S/C25H22N2O4/c1-3-31-19-13-12-18(15-16(19)2)23(28)21-22(17-9-5-4-6-10-17)27(25(30)24(21)29)20-11-7-8-14-26-20/h4-15,22,28H,3H2,1-2H3/t22-/m0/s1. The van der Waals surface area contributed by atoms with Crippen LogP contribution in [0.4, 0.5) is 5.82 Å². The van der Waals surface area contributed by atoms with Crippen molar-refractivity contribution in [3.8, 4) is 5.75 Å². The molecule has 156 valence electrons. The van der Waals surface area contributed by atoms with E-state index in [2.05, 4.69) is 4.98 Å². The second kappa shape index (κ2) is 8.44. The van der Waals surface area contributed by atoms with Crippen molar-refractivity contribution < 1.29 is 19.4 Å². The minimum absolute atomic E-state index is 0.0328.